The lowest BCUT2D eigenvalue weighted by molar-refractivity contribution is 0.0729. The van der Waals surface area contributed by atoms with Gasteiger partial charge >= 0.3 is 10.1 Å². The molecule has 0 bridgehead atoms. The van der Waals surface area contributed by atoms with Crippen LogP contribution in [0.25, 0.3) is 0 Å². The molecule has 2 aromatic rings. The van der Waals surface area contributed by atoms with Gasteiger partial charge in [-0.25, -0.2) is 4.39 Å². The highest BCUT2D eigenvalue weighted by molar-refractivity contribution is 7.86. The topological polar surface area (TPSA) is 63.7 Å². The Morgan fingerprint density at radius 2 is 1.96 bits per heavy atom. The van der Waals surface area contributed by atoms with Crippen molar-refractivity contribution >= 4 is 27.6 Å². The minimum absolute atomic E-state index is 0.0224. The lowest BCUT2D eigenvalue weighted by Gasteiger charge is -2.24. The molecule has 0 N–H and O–H groups in total. The second-order valence-corrected chi connectivity index (χ2v) is 8.66. The summed E-state index contributed by atoms with van der Waals surface area (Å²) >= 11 is 6.04. The highest BCUT2D eigenvalue weighted by atomic mass is 35.5. The van der Waals surface area contributed by atoms with Gasteiger partial charge in [0.25, 0.3) is 5.91 Å². The largest absolute Gasteiger partial charge is 0.382 e. The average Bonchev–Trinajstić information content (AvgIpc) is 3.39. The molecule has 1 aliphatic rings. The van der Waals surface area contributed by atoms with E-state index in [-0.39, 0.29) is 17.9 Å². The number of hydrogen-bond acceptors (Lipinski definition) is 4. The van der Waals surface area contributed by atoms with Crippen molar-refractivity contribution in [3.63, 3.8) is 0 Å². The van der Waals surface area contributed by atoms with Crippen molar-refractivity contribution in [3.05, 3.63) is 64.4 Å². The maximum Gasteiger partial charge on any atom is 0.306 e. The Labute approximate surface area is 162 Å². The van der Waals surface area contributed by atoms with Crippen molar-refractivity contribution in [1.82, 2.24) is 4.90 Å². The van der Waals surface area contributed by atoms with Gasteiger partial charge in [-0.05, 0) is 49.1 Å². The Balaban J connectivity index is 1.92. The van der Waals surface area contributed by atoms with E-state index in [4.69, 9.17) is 15.8 Å². The number of hydrogen-bond donors (Lipinski definition) is 0. The second kappa shape index (κ2) is 7.86. The van der Waals surface area contributed by atoms with Crippen LogP contribution in [0.3, 0.4) is 0 Å². The third-order valence-electron chi connectivity index (χ3n) is 4.19. The van der Waals surface area contributed by atoms with Crippen molar-refractivity contribution in [2.75, 3.05) is 12.8 Å². The maximum absolute atomic E-state index is 14.1. The van der Waals surface area contributed by atoms with Crippen LogP contribution < -0.4 is 4.18 Å². The third kappa shape index (κ3) is 5.43. The van der Waals surface area contributed by atoms with E-state index < -0.39 is 21.8 Å². The molecule has 1 fully saturated rings. The number of amides is 1. The van der Waals surface area contributed by atoms with Gasteiger partial charge in [-0.2, -0.15) is 8.42 Å². The fourth-order valence-electron chi connectivity index (χ4n) is 2.76. The molecule has 2 aromatic carbocycles. The molecule has 1 aliphatic carbocycles. The lowest BCUT2D eigenvalue weighted by atomic mass is 10.1. The number of benzene rings is 2. The molecule has 0 unspecified atom stereocenters. The summed E-state index contributed by atoms with van der Waals surface area (Å²) < 4.78 is 42.2. The molecule has 0 heterocycles. The zero-order valence-electron chi connectivity index (χ0n) is 14.7. The fraction of sp³-hybridized carbons (Fsp3) is 0.316. The van der Waals surface area contributed by atoms with E-state index in [1.165, 1.54) is 35.2 Å². The van der Waals surface area contributed by atoms with Crippen molar-refractivity contribution < 1.29 is 21.8 Å². The number of halogens is 2. The van der Waals surface area contributed by atoms with Crippen LogP contribution in [0.2, 0.25) is 5.02 Å². The number of carbonyl (C=O) groups excluding carboxylic acids is 1. The van der Waals surface area contributed by atoms with Gasteiger partial charge < -0.3 is 9.08 Å². The normalized spacial score (nSPS) is 14.0. The van der Waals surface area contributed by atoms with Crippen LogP contribution >= 0.6 is 11.6 Å². The summed E-state index contributed by atoms with van der Waals surface area (Å²) in [5.74, 6) is -0.588. The van der Waals surface area contributed by atoms with Crippen LogP contribution in [0.15, 0.2) is 42.5 Å². The zero-order chi connectivity index (χ0) is 19.6. The molecule has 0 atom stereocenters. The SMILES string of the molecule is CS(=O)(=O)Oc1ccc(Cl)cc1CN(CC1CC1)C(=O)c1ccccc1F. The molecule has 5 nitrogen and oxygen atoms in total. The fourth-order valence-corrected chi connectivity index (χ4v) is 3.44. The molecule has 1 saturated carbocycles. The Morgan fingerprint density at radius 3 is 2.59 bits per heavy atom. The van der Waals surface area contributed by atoms with E-state index in [2.05, 4.69) is 0 Å². The first-order valence-electron chi connectivity index (χ1n) is 8.44. The van der Waals surface area contributed by atoms with E-state index in [1.807, 2.05) is 0 Å². The molecule has 0 spiro atoms. The summed E-state index contributed by atoms with van der Waals surface area (Å²) in [6.45, 7) is 0.521. The first-order chi connectivity index (χ1) is 12.7. The van der Waals surface area contributed by atoms with E-state index in [1.54, 1.807) is 12.1 Å². The van der Waals surface area contributed by atoms with E-state index >= 15 is 0 Å². The van der Waals surface area contributed by atoms with Crippen molar-refractivity contribution in [2.45, 2.75) is 19.4 Å². The van der Waals surface area contributed by atoms with E-state index in [0.29, 0.717) is 23.0 Å². The zero-order valence-corrected chi connectivity index (χ0v) is 16.3. The highest BCUT2D eigenvalue weighted by Crippen LogP contribution is 2.32. The average molecular weight is 412 g/mol. The Bertz CT molecular complexity index is 960. The smallest absolute Gasteiger partial charge is 0.306 e. The van der Waals surface area contributed by atoms with Crippen LogP contribution in [-0.4, -0.2) is 32.0 Å². The van der Waals surface area contributed by atoms with Crippen LogP contribution in [0.1, 0.15) is 28.8 Å². The van der Waals surface area contributed by atoms with Gasteiger partial charge in [0.1, 0.15) is 11.6 Å². The number of rotatable bonds is 7. The Kier molecular flexibility index (Phi) is 5.72. The predicted octanol–water partition coefficient (Wildman–Crippen LogP) is 3.87. The van der Waals surface area contributed by atoms with Gasteiger partial charge in [0.05, 0.1) is 11.8 Å². The van der Waals surface area contributed by atoms with Crippen LogP contribution in [0.4, 0.5) is 4.39 Å². The van der Waals surface area contributed by atoms with Crippen LogP contribution in [-0.2, 0) is 16.7 Å². The molecular formula is C19H19ClFNO4S. The van der Waals surface area contributed by atoms with Gasteiger partial charge in [-0.1, -0.05) is 23.7 Å². The standard InChI is InChI=1S/C19H19ClFNO4S/c1-27(24,25)26-18-9-8-15(20)10-14(18)12-22(11-13-6-7-13)19(23)16-4-2-3-5-17(16)21/h2-5,8-10,13H,6-7,11-12H2,1H3. The lowest BCUT2D eigenvalue weighted by Crippen LogP contribution is -2.33. The van der Waals surface area contributed by atoms with Gasteiger partial charge in [0.2, 0.25) is 0 Å². The van der Waals surface area contributed by atoms with Gasteiger partial charge in [-0.3, -0.25) is 4.79 Å². The molecule has 0 saturated heterocycles. The molecule has 0 aliphatic heterocycles. The summed E-state index contributed by atoms with van der Waals surface area (Å²) in [6, 6.07) is 10.3. The quantitative estimate of drug-likeness (QED) is 0.649. The Morgan fingerprint density at radius 1 is 1.26 bits per heavy atom. The van der Waals surface area contributed by atoms with Gasteiger partial charge in [0, 0.05) is 23.7 Å². The van der Waals surface area contributed by atoms with Crippen LogP contribution in [0.5, 0.6) is 5.75 Å². The van der Waals surface area contributed by atoms with Crippen molar-refractivity contribution in [2.24, 2.45) is 5.92 Å². The predicted molar refractivity (Wildman–Crippen MR) is 101 cm³/mol. The molecule has 144 valence electrons. The van der Waals surface area contributed by atoms with Crippen LogP contribution in [0, 0.1) is 11.7 Å². The van der Waals surface area contributed by atoms with Crippen molar-refractivity contribution in [1.29, 1.82) is 0 Å². The first kappa shape index (κ1) is 19.6. The maximum atomic E-state index is 14.1. The third-order valence-corrected chi connectivity index (χ3v) is 4.91. The molecule has 27 heavy (non-hydrogen) atoms. The molecule has 8 heteroatoms. The molecule has 1 amide bonds. The molecule has 3 rings (SSSR count). The van der Waals surface area contributed by atoms with E-state index in [0.717, 1.165) is 19.1 Å². The molecule has 0 radical (unpaired) electrons. The minimum atomic E-state index is -3.74. The summed E-state index contributed by atoms with van der Waals surface area (Å²) in [6.07, 6.45) is 2.95. The summed E-state index contributed by atoms with van der Waals surface area (Å²) in [7, 11) is -3.74. The first-order valence-corrected chi connectivity index (χ1v) is 10.6. The molecule has 0 aromatic heterocycles. The second-order valence-electron chi connectivity index (χ2n) is 6.65. The van der Waals surface area contributed by atoms with E-state index in [9.17, 15) is 17.6 Å². The summed E-state index contributed by atoms with van der Waals surface area (Å²) in [5.41, 5.74) is 0.420. The minimum Gasteiger partial charge on any atom is -0.382 e. The summed E-state index contributed by atoms with van der Waals surface area (Å²) in [4.78, 5) is 14.4. The monoisotopic (exact) mass is 411 g/mol. The number of nitrogens with zero attached hydrogens (tertiary/aromatic N) is 1. The number of carbonyl (C=O) groups is 1. The van der Waals surface area contributed by atoms with Gasteiger partial charge in [-0.15, -0.1) is 0 Å². The van der Waals surface area contributed by atoms with Gasteiger partial charge in [0.15, 0.2) is 0 Å². The van der Waals surface area contributed by atoms with Crippen molar-refractivity contribution in [3.8, 4) is 5.75 Å². The summed E-state index contributed by atoms with van der Waals surface area (Å²) in [5, 5.41) is 0.385. The molecular weight excluding hydrogens is 393 g/mol. The highest BCUT2D eigenvalue weighted by Gasteiger charge is 2.29. The Hall–Kier alpha value is -2.12.